The van der Waals surface area contributed by atoms with Crippen LogP contribution in [0.1, 0.15) is 31.2 Å². The van der Waals surface area contributed by atoms with E-state index in [1.807, 2.05) is 12.3 Å². The van der Waals surface area contributed by atoms with Gasteiger partial charge in [-0.25, -0.2) is 0 Å². The number of benzene rings is 1. The molecule has 1 N–H and O–H groups in total. The topological polar surface area (TPSA) is 24.9 Å². The molecule has 0 aliphatic carbocycles. The molecule has 1 aliphatic heterocycles. The van der Waals surface area contributed by atoms with E-state index >= 15 is 0 Å². The van der Waals surface area contributed by atoms with E-state index in [4.69, 9.17) is 0 Å². The third-order valence-electron chi connectivity index (χ3n) is 4.21. The Bertz CT molecular complexity index is 530. The first kappa shape index (κ1) is 11.7. The average Bonchev–Trinajstić information content (AvgIpc) is 2.46. The van der Waals surface area contributed by atoms with Crippen LogP contribution < -0.4 is 5.32 Å². The van der Waals surface area contributed by atoms with Crippen molar-refractivity contribution in [2.75, 3.05) is 13.1 Å². The van der Waals surface area contributed by atoms with Crippen molar-refractivity contribution in [3.63, 3.8) is 0 Å². The first-order chi connectivity index (χ1) is 8.90. The first-order valence-corrected chi connectivity index (χ1v) is 6.94. The third kappa shape index (κ3) is 2.01. The van der Waals surface area contributed by atoms with Crippen LogP contribution in [0.2, 0.25) is 0 Å². The molecule has 3 rings (SSSR count). The summed E-state index contributed by atoms with van der Waals surface area (Å²) < 4.78 is 0. The van der Waals surface area contributed by atoms with Crippen molar-refractivity contribution in [3.05, 3.63) is 42.1 Å². The number of piperidine rings is 1. The molecule has 0 amide bonds. The van der Waals surface area contributed by atoms with Gasteiger partial charge in [-0.2, -0.15) is 0 Å². The monoisotopic (exact) mass is 240 g/mol. The van der Waals surface area contributed by atoms with Gasteiger partial charge >= 0.3 is 0 Å². The van der Waals surface area contributed by atoms with E-state index in [-0.39, 0.29) is 0 Å². The molecule has 0 bridgehead atoms. The summed E-state index contributed by atoms with van der Waals surface area (Å²) in [5.41, 5.74) is 2.62. The molecule has 2 unspecified atom stereocenters. The van der Waals surface area contributed by atoms with Crippen LogP contribution in [-0.2, 0) is 0 Å². The average molecular weight is 240 g/mol. The largest absolute Gasteiger partial charge is 0.316 e. The van der Waals surface area contributed by atoms with Crippen LogP contribution in [0.5, 0.6) is 0 Å². The van der Waals surface area contributed by atoms with E-state index in [2.05, 4.69) is 41.5 Å². The summed E-state index contributed by atoms with van der Waals surface area (Å²) >= 11 is 0. The minimum absolute atomic E-state index is 0.684. The second-order valence-electron chi connectivity index (χ2n) is 5.18. The Labute approximate surface area is 108 Å². The van der Waals surface area contributed by atoms with E-state index in [1.165, 1.54) is 23.8 Å². The molecule has 1 aliphatic rings. The van der Waals surface area contributed by atoms with E-state index in [9.17, 15) is 0 Å². The predicted molar refractivity (Wildman–Crippen MR) is 75.8 cm³/mol. The Balaban J connectivity index is 2.07. The van der Waals surface area contributed by atoms with E-state index < -0.39 is 0 Å². The van der Waals surface area contributed by atoms with Crippen LogP contribution in [0, 0.1) is 5.92 Å². The maximum Gasteiger partial charge on any atom is 0.0704 e. The molecule has 0 saturated carbocycles. The van der Waals surface area contributed by atoms with Gasteiger partial charge in [0.05, 0.1) is 5.52 Å². The summed E-state index contributed by atoms with van der Waals surface area (Å²) in [5.74, 6) is 1.44. The lowest BCUT2D eigenvalue weighted by molar-refractivity contribution is 0.319. The summed E-state index contributed by atoms with van der Waals surface area (Å²) in [6.07, 6.45) is 4.37. The lowest BCUT2D eigenvalue weighted by Gasteiger charge is -2.32. The van der Waals surface area contributed by atoms with Crippen LogP contribution in [0.25, 0.3) is 10.9 Å². The van der Waals surface area contributed by atoms with Gasteiger partial charge in [0, 0.05) is 11.6 Å². The Kier molecular flexibility index (Phi) is 3.28. The van der Waals surface area contributed by atoms with E-state index in [1.54, 1.807) is 0 Å². The van der Waals surface area contributed by atoms with Crippen LogP contribution >= 0.6 is 0 Å². The second-order valence-corrected chi connectivity index (χ2v) is 5.18. The van der Waals surface area contributed by atoms with Crippen molar-refractivity contribution in [1.82, 2.24) is 10.3 Å². The quantitative estimate of drug-likeness (QED) is 0.871. The Morgan fingerprint density at radius 3 is 3.11 bits per heavy atom. The van der Waals surface area contributed by atoms with Gasteiger partial charge in [0.1, 0.15) is 0 Å². The first-order valence-electron chi connectivity index (χ1n) is 6.94. The molecule has 1 aromatic heterocycles. The molecule has 0 radical (unpaired) electrons. The van der Waals surface area contributed by atoms with Crippen molar-refractivity contribution in [3.8, 4) is 0 Å². The molecule has 1 aromatic carbocycles. The maximum absolute atomic E-state index is 4.47. The van der Waals surface area contributed by atoms with Crippen LogP contribution in [-0.4, -0.2) is 18.1 Å². The standard InChI is InChI=1S/C16H20N2/c1-2-12-11-17-10-8-13(12)14-5-3-7-16-15(14)6-4-9-18-16/h3-7,9,12-13,17H,2,8,10-11H2,1H3. The highest BCUT2D eigenvalue weighted by Gasteiger charge is 2.26. The SMILES string of the molecule is CCC1CNCCC1c1cccc2ncccc12. The number of rotatable bonds is 2. The summed E-state index contributed by atoms with van der Waals surface area (Å²) in [6, 6.07) is 10.8. The van der Waals surface area contributed by atoms with Gasteiger partial charge < -0.3 is 5.32 Å². The zero-order valence-electron chi connectivity index (χ0n) is 10.9. The fraction of sp³-hybridized carbons (Fsp3) is 0.438. The number of pyridine rings is 1. The number of fused-ring (bicyclic) bond motifs is 1. The summed E-state index contributed by atoms with van der Waals surface area (Å²) in [6.45, 7) is 4.59. The zero-order chi connectivity index (χ0) is 12.4. The maximum atomic E-state index is 4.47. The molecule has 1 fully saturated rings. The van der Waals surface area contributed by atoms with Gasteiger partial charge in [-0.15, -0.1) is 0 Å². The van der Waals surface area contributed by atoms with Gasteiger partial charge in [-0.05, 0) is 49.0 Å². The minimum atomic E-state index is 0.684. The number of nitrogens with one attached hydrogen (secondary N) is 1. The second kappa shape index (κ2) is 5.07. The van der Waals surface area contributed by atoms with Crippen molar-refractivity contribution in [2.24, 2.45) is 5.92 Å². The number of hydrogen-bond acceptors (Lipinski definition) is 2. The summed E-state index contributed by atoms with van der Waals surface area (Å²) in [7, 11) is 0. The normalized spacial score (nSPS) is 24.3. The molecule has 94 valence electrons. The highest BCUT2D eigenvalue weighted by atomic mass is 14.9. The van der Waals surface area contributed by atoms with Gasteiger partial charge in [0.25, 0.3) is 0 Å². The van der Waals surface area contributed by atoms with Crippen molar-refractivity contribution >= 4 is 10.9 Å². The highest BCUT2D eigenvalue weighted by Crippen LogP contribution is 2.35. The molecule has 18 heavy (non-hydrogen) atoms. The molecule has 1 saturated heterocycles. The third-order valence-corrected chi connectivity index (χ3v) is 4.21. The summed E-state index contributed by atoms with van der Waals surface area (Å²) in [5, 5.41) is 4.86. The lowest BCUT2D eigenvalue weighted by Crippen LogP contribution is -2.35. The van der Waals surface area contributed by atoms with Gasteiger partial charge in [0.2, 0.25) is 0 Å². The minimum Gasteiger partial charge on any atom is -0.316 e. The van der Waals surface area contributed by atoms with E-state index in [0.29, 0.717) is 5.92 Å². The molecular weight excluding hydrogens is 220 g/mol. The Morgan fingerprint density at radius 1 is 1.28 bits per heavy atom. The Morgan fingerprint density at radius 2 is 2.22 bits per heavy atom. The van der Waals surface area contributed by atoms with Crippen molar-refractivity contribution in [2.45, 2.75) is 25.7 Å². The van der Waals surface area contributed by atoms with Gasteiger partial charge in [-0.1, -0.05) is 31.5 Å². The smallest absolute Gasteiger partial charge is 0.0704 e. The number of nitrogens with zero attached hydrogens (tertiary/aromatic N) is 1. The number of hydrogen-bond donors (Lipinski definition) is 1. The lowest BCUT2D eigenvalue weighted by atomic mass is 9.78. The van der Waals surface area contributed by atoms with Crippen molar-refractivity contribution < 1.29 is 0 Å². The van der Waals surface area contributed by atoms with Gasteiger partial charge in [-0.3, -0.25) is 4.98 Å². The fourth-order valence-corrected chi connectivity index (χ4v) is 3.21. The molecule has 2 heteroatoms. The number of aromatic nitrogens is 1. The molecule has 2 heterocycles. The predicted octanol–water partition coefficient (Wildman–Crippen LogP) is 3.34. The molecule has 2 atom stereocenters. The van der Waals surface area contributed by atoms with Crippen LogP contribution in [0.4, 0.5) is 0 Å². The van der Waals surface area contributed by atoms with Crippen LogP contribution in [0.15, 0.2) is 36.5 Å². The molecule has 2 aromatic rings. The summed E-state index contributed by atoms with van der Waals surface area (Å²) in [4.78, 5) is 4.47. The van der Waals surface area contributed by atoms with E-state index in [0.717, 1.165) is 24.5 Å². The van der Waals surface area contributed by atoms with Crippen molar-refractivity contribution in [1.29, 1.82) is 0 Å². The molecule has 2 nitrogen and oxygen atoms in total. The highest BCUT2D eigenvalue weighted by molar-refractivity contribution is 5.82. The van der Waals surface area contributed by atoms with Crippen LogP contribution in [0.3, 0.4) is 0 Å². The Hall–Kier alpha value is -1.41. The zero-order valence-corrected chi connectivity index (χ0v) is 10.9. The van der Waals surface area contributed by atoms with Gasteiger partial charge in [0.15, 0.2) is 0 Å². The fourth-order valence-electron chi connectivity index (χ4n) is 3.21. The molecule has 0 spiro atoms. The molecular formula is C16H20N2.